The van der Waals surface area contributed by atoms with Gasteiger partial charge in [0.25, 0.3) is 0 Å². The van der Waals surface area contributed by atoms with Crippen LogP contribution in [0, 0.1) is 23.0 Å². The second-order valence-corrected chi connectivity index (χ2v) is 9.17. The summed E-state index contributed by atoms with van der Waals surface area (Å²) in [6.45, 7) is 4.20. The van der Waals surface area contributed by atoms with Crippen LogP contribution in [0.5, 0.6) is 0 Å². The Labute approximate surface area is 146 Å². The quantitative estimate of drug-likeness (QED) is 0.882. The minimum Gasteiger partial charge on any atom is -0.353 e. The van der Waals surface area contributed by atoms with E-state index in [-0.39, 0.29) is 36.4 Å². The van der Waals surface area contributed by atoms with Crippen molar-refractivity contribution in [1.29, 1.82) is 0 Å². The lowest BCUT2D eigenvalue weighted by Crippen LogP contribution is -2.42. The Hall–Kier alpha value is -1.54. The molecule has 1 heterocycles. The Morgan fingerprint density at radius 2 is 1.92 bits per heavy atom. The molecule has 1 saturated heterocycles. The molecule has 2 fully saturated rings. The lowest BCUT2D eigenvalue weighted by molar-refractivity contribution is -0.124. The summed E-state index contributed by atoms with van der Waals surface area (Å²) in [4.78, 5) is 11.3. The topological polar surface area (TPSA) is 66.5 Å². The van der Waals surface area contributed by atoms with Crippen LogP contribution in [-0.2, 0) is 14.8 Å². The van der Waals surface area contributed by atoms with Crippen LogP contribution in [0.4, 0.5) is 8.78 Å². The largest absolute Gasteiger partial charge is 0.353 e. The van der Waals surface area contributed by atoms with Crippen LogP contribution < -0.4 is 5.32 Å². The van der Waals surface area contributed by atoms with Crippen molar-refractivity contribution in [1.82, 2.24) is 9.62 Å². The molecule has 0 radical (unpaired) electrons. The van der Waals surface area contributed by atoms with Crippen LogP contribution in [0.15, 0.2) is 23.1 Å². The minimum atomic E-state index is -3.98. The van der Waals surface area contributed by atoms with Gasteiger partial charge in [-0.3, -0.25) is 4.79 Å². The molecule has 138 valence electrons. The van der Waals surface area contributed by atoms with E-state index >= 15 is 0 Å². The third-order valence-electron chi connectivity index (χ3n) is 5.26. The van der Waals surface area contributed by atoms with E-state index in [1.165, 1.54) is 4.31 Å². The molecule has 1 saturated carbocycles. The van der Waals surface area contributed by atoms with E-state index in [0.717, 1.165) is 18.6 Å². The molecular formula is C17H22F2N2O3S. The van der Waals surface area contributed by atoms with Crippen LogP contribution in [0.1, 0.15) is 33.1 Å². The number of halogens is 2. The SMILES string of the molecule is CC(C)C(=O)N[C@H]1CC12CCN(S(=O)(=O)c1ccc(F)cc1F)CC2. The first-order chi connectivity index (χ1) is 11.7. The zero-order chi connectivity index (χ0) is 18.4. The highest BCUT2D eigenvalue weighted by Gasteiger charge is 2.56. The van der Waals surface area contributed by atoms with Gasteiger partial charge in [-0.05, 0) is 36.8 Å². The van der Waals surface area contributed by atoms with E-state index in [0.29, 0.717) is 18.9 Å². The summed E-state index contributed by atoms with van der Waals surface area (Å²) in [5, 5.41) is 3.01. The maximum atomic E-state index is 13.9. The molecule has 1 spiro atoms. The zero-order valence-corrected chi connectivity index (χ0v) is 15.1. The van der Waals surface area contributed by atoms with Gasteiger partial charge in [0.2, 0.25) is 15.9 Å². The standard InChI is InChI=1S/C17H22F2N2O3S/c1-11(2)16(22)20-15-10-17(15)5-7-21(8-6-17)25(23,24)14-4-3-12(18)9-13(14)19/h3-4,9,11,15H,5-8,10H2,1-2H3,(H,20,22)/t15-/m0/s1. The number of sulfonamides is 1. The van der Waals surface area contributed by atoms with Crippen molar-refractivity contribution in [3.8, 4) is 0 Å². The lowest BCUT2D eigenvalue weighted by Gasteiger charge is -2.32. The molecule has 0 unspecified atom stereocenters. The molecular weight excluding hydrogens is 350 g/mol. The van der Waals surface area contributed by atoms with Gasteiger partial charge in [-0.15, -0.1) is 0 Å². The monoisotopic (exact) mass is 372 g/mol. The summed E-state index contributed by atoms with van der Waals surface area (Å²) < 4.78 is 53.3. The van der Waals surface area contributed by atoms with Crippen molar-refractivity contribution in [3.63, 3.8) is 0 Å². The number of carbonyl (C=O) groups excluding carboxylic acids is 1. The molecule has 1 atom stereocenters. The maximum Gasteiger partial charge on any atom is 0.245 e. The molecule has 1 aromatic carbocycles. The van der Waals surface area contributed by atoms with Crippen molar-refractivity contribution in [2.75, 3.05) is 13.1 Å². The number of nitrogens with one attached hydrogen (secondary N) is 1. The summed E-state index contributed by atoms with van der Waals surface area (Å²) in [6, 6.07) is 2.58. The van der Waals surface area contributed by atoms with Crippen molar-refractivity contribution >= 4 is 15.9 Å². The van der Waals surface area contributed by atoms with E-state index in [2.05, 4.69) is 5.32 Å². The normalized spacial score (nSPS) is 23.0. The van der Waals surface area contributed by atoms with E-state index in [1.54, 1.807) is 0 Å². The molecule has 1 aliphatic carbocycles. The smallest absolute Gasteiger partial charge is 0.245 e. The number of nitrogens with zero attached hydrogens (tertiary/aromatic N) is 1. The van der Waals surface area contributed by atoms with Crippen LogP contribution in [0.2, 0.25) is 0 Å². The lowest BCUT2D eigenvalue weighted by atomic mass is 9.94. The molecule has 5 nitrogen and oxygen atoms in total. The summed E-state index contributed by atoms with van der Waals surface area (Å²) in [7, 11) is -3.98. The Morgan fingerprint density at radius 1 is 1.28 bits per heavy atom. The summed E-state index contributed by atoms with van der Waals surface area (Å²) in [5.74, 6) is -1.96. The molecule has 3 rings (SSSR count). The fraction of sp³-hybridized carbons (Fsp3) is 0.588. The van der Waals surface area contributed by atoms with Crippen molar-refractivity contribution in [2.45, 2.75) is 44.0 Å². The number of hydrogen-bond donors (Lipinski definition) is 1. The van der Waals surface area contributed by atoms with E-state index < -0.39 is 26.6 Å². The van der Waals surface area contributed by atoms with Gasteiger partial charge in [-0.25, -0.2) is 17.2 Å². The molecule has 1 N–H and O–H groups in total. The molecule has 8 heteroatoms. The second-order valence-electron chi connectivity index (χ2n) is 7.26. The summed E-state index contributed by atoms with van der Waals surface area (Å²) in [6.07, 6.45) is 2.10. The highest BCUT2D eigenvalue weighted by Crippen LogP contribution is 2.54. The highest BCUT2D eigenvalue weighted by atomic mass is 32.2. The molecule has 1 amide bonds. The third-order valence-corrected chi connectivity index (χ3v) is 7.19. The minimum absolute atomic E-state index is 0.00492. The Bertz CT molecular complexity index is 787. The van der Waals surface area contributed by atoms with Crippen LogP contribution in [0.3, 0.4) is 0 Å². The third kappa shape index (κ3) is 3.42. The zero-order valence-electron chi connectivity index (χ0n) is 14.3. The Kier molecular flexibility index (Phi) is 4.61. The number of rotatable bonds is 4. The van der Waals surface area contributed by atoms with Gasteiger partial charge in [0, 0.05) is 31.1 Å². The van der Waals surface area contributed by atoms with Crippen molar-refractivity contribution in [2.24, 2.45) is 11.3 Å². The van der Waals surface area contributed by atoms with Gasteiger partial charge in [0.1, 0.15) is 16.5 Å². The highest BCUT2D eigenvalue weighted by molar-refractivity contribution is 7.89. The fourth-order valence-electron chi connectivity index (χ4n) is 3.44. The molecule has 1 aliphatic heterocycles. The summed E-state index contributed by atoms with van der Waals surface area (Å²) in [5.41, 5.74) is -0.0437. The Balaban J connectivity index is 1.66. The number of amides is 1. The van der Waals surface area contributed by atoms with Gasteiger partial charge in [0.05, 0.1) is 0 Å². The number of benzene rings is 1. The molecule has 1 aromatic rings. The van der Waals surface area contributed by atoms with Crippen LogP contribution >= 0.6 is 0 Å². The average molecular weight is 372 g/mol. The van der Waals surface area contributed by atoms with Gasteiger partial charge in [-0.2, -0.15) is 4.31 Å². The molecule has 0 bridgehead atoms. The first-order valence-corrected chi connectivity index (χ1v) is 9.85. The van der Waals surface area contributed by atoms with E-state index in [1.807, 2.05) is 13.8 Å². The Morgan fingerprint density at radius 3 is 2.48 bits per heavy atom. The van der Waals surface area contributed by atoms with Crippen molar-refractivity contribution < 1.29 is 22.0 Å². The number of hydrogen-bond acceptors (Lipinski definition) is 3. The van der Waals surface area contributed by atoms with E-state index in [9.17, 15) is 22.0 Å². The number of carbonyl (C=O) groups is 1. The summed E-state index contributed by atoms with van der Waals surface area (Å²) >= 11 is 0. The van der Waals surface area contributed by atoms with Gasteiger partial charge < -0.3 is 5.32 Å². The number of piperidine rings is 1. The van der Waals surface area contributed by atoms with Crippen molar-refractivity contribution in [3.05, 3.63) is 29.8 Å². The molecule has 25 heavy (non-hydrogen) atoms. The first-order valence-electron chi connectivity index (χ1n) is 8.41. The predicted octanol–water partition coefficient (Wildman–Crippen LogP) is 2.28. The second kappa shape index (κ2) is 6.32. The van der Waals surface area contributed by atoms with E-state index in [4.69, 9.17) is 0 Å². The average Bonchev–Trinajstić information content (AvgIpc) is 3.18. The first kappa shape index (κ1) is 18.3. The molecule has 2 aliphatic rings. The van der Waals surface area contributed by atoms with Crippen LogP contribution in [-0.4, -0.2) is 37.8 Å². The van der Waals surface area contributed by atoms with Crippen LogP contribution in [0.25, 0.3) is 0 Å². The van der Waals surface area contributed by atoms with Gasteiger partial charge >= 0.3 is 0 Å². The van der Waals surface area contributed by atoms with Gasteiger partial charge in [0.15, 0.2) is 0 Å². The molecule has 0 aromatic heterocycles. The van der Waals surface area contributed by atoms with Gasteiger partial charge in [-0.1, -0.05) is 13.8 Å². The predicted molar refractivity (Wildman–Crippen MR) is 88.2 cm³/mol. The maximum absolute atomic E-state index is 13.9. The fourth-order valence-corrected chi connectivity index (χ4v) is 4.92.